The molecule has 0 fully saturated rings. The van der Waals surface area contributed by atoms with E-state index >= 15 is 0 Å². The van der Waals surface area contributed by atoms with Crippen LogP contribution in [-0.2, 0) is 4.79 Å². The summed E-state index contributed by atoms with van der Waals surface area (Å²) in [7, 11) is 3.71. The number of ketones is 1. The van der Waals surface area contributed by atoms with Crippen molar-refractivity contribution < 1.29 is 9.59 Å². The molecule has 4 nitrogen and oxygen atoms in total. The second-order valence-electron chi connectivity index (χ2n) is 4.09. The predicted molar refractivity (Wildman–Crippen MR) is 72.7 cm³/mol. The Labute approximate surface area is 108 Å². The van der Waals surface area contributed by atoms with Crippen LogP contribution in [0.2, 0.25) is 0 Å². The molecule has 1 amide bonds. The molecule has 0 atom stereocenters. The molecule has 0 bridgehead atoms. The number of allylic oxidation sites excluding steroid dienone is 1. The van der Waals surface area contributed by atoms with Gasteiger partial charge in [-0.25, -0.2) is 0 Å². The second kappa shape index (κ2) is 6.59. The number of carbonyl (C=O) groups is 2. The zero-order valence-electron chi connectivity index (χ0n) is 11.0. The molecule has 18 heavy (non-hydrogen) atoms. The van der Waals surface area contributed by atoms with Crippen LogP contribution in [0.15, 0.2) is 36.5 Å². The van der Waals surface area contributed by atoms with Gasteiger partial charge in [-0.1, -0.05) is 12.1 Å². The number of hydrogen-bond acceptors (Lipinski definition) is 3. The van der Waals surface area contributed by atoms with E-state index in [4.69, 9.17) is 0 Å². The number of anilines is 1. The van der Waals surface area contributed by atoms with E-state index in [1.165, 1.54) is 6.08 Å². The lowest BCUT2D eigenvalue weighted by Crippen LogP contribution is -2.20. The summed E-state index contributed by atoms with van der Waals surface area (Å²) >= 11 is 0. The van der Waals surface area contributed by atoms with E-state index in [1.54, 1.807) is 34.2 Å². The molecule has 4 heteroatoms. The summed E-state index contributed by atoms with van der Waals surface area (Å²) in [6.45, 7) is 2.46. The van der Waals surface area contributed by atoms with Crippen molar-refractivity contribution in [1.82, 2.24) is 4.90 Å². The number of carbonyl (C=O) groups excluding carboxylic acids is 2. The third kappa shape index (κ3) is 3.73. The SMILES string of the molecule is CCN(C=O)c1cccc(C(=O)C=CN(C)C)c1. The van der Waals surface area contributed by atoms with E-state index in [-0.39, 0.29) is 5.78 Å². The minimum absolute atomic E-state index is 0.0764. The van der Waals surface area contributed by atoms with Crippen LogP contribution in [0.4, 0.5) is 5.69 Å². The minimum Gasteiger partial charge on any atom is -0.383 e. The van der Waals surface area contributed by atoms with Gasteiger partial charge < -0.3 is 9.80 Å². The number of nitrogens with zero attached hydrogens (tertiary/aromatic N) is 2. The van der Waals surface area contributed by atoms with E-state index in [2.05, 4.69) is 0 Å². The van der Waals surface area contributed by atoms with Crippen molar-refractivity contribution in [2.75, 3.05) is 25.5 Å². The Balaban J connectivity index is 2.94. The van der Waals surface area contributed by atoms with E-state index < -0.39 is 0 Å². The van der Waals surface area contributed by atoms with Crippen LogP contribution < -0.4 is 4.90 Å². The molecule has 1 aromatic rings. The first-order chi connectivity index (χ1) is 8.58. The molecule has 0 radical (unpaired) electrons. The maximum absolute atomic E-state index is 11.9. The molecule has 1 aromatic carbocycles. The van der Waals surface area contributed by atoms with Crippen molar-refractivity contribution in [2.45, 2.75) is 6.92 Å². The zero-order chi connectivity index (χ0) is 13.5. The van der Waals surface area contributed by atoms with Gasteiger partial charge in [0.15, 0.2) is 5.78 Å². The van der Waals surface area contributed by atoms with Crippen LogP contribution in [0.25, 0.3) is 0 Å². The van der Waals surface area contributed by atoms with Gasteiger partial charge in [-0.3, -0.25) is 9.59 Å². The van der Waals surface area contributed by atoms with Crippen molar-refractivity contribution in [2.24, 2.45) is 0 Å². The summed E-state index contributed by atoms with van der Waals surface area (Å²) in [4.78, 5) is 26.1. The van der Waals surface area contributed by atoms with Gasteiger partial charge in [-0.2, -0.15) is 0 Å². The van der Waals surface area contributed by atoms with Gasteiger partial charge in [0, 0.05) is 44.2 Å². The van der Waals surface area contributed by atoms with E-state index in [0.717, 1.165) is 12.1 Å². The Hall–Kier alpha value is -2.10. The highest BCUT2D eigenvalue weighted by Crippen LogP contribution is 2.15. The Bertz CT molecular complexity index is 453. The molecular weight excluding hydrogens is 228 g/mol. The average molecular weight is 246 g/mol. The topological polar surface area (TPSA) is 40.6 Å². The fraction of sp³-hybridized carbons (Fsp3) is 0.286. The quantitative estimate of drug-likeness (QED) is 0.437. The third-order valence-corrected chi connectivity index (χ3v) is 2.45. The van der Waals surface area contributed by atoms with E-state index in [1.807, 2.05) is 27.1 Å². The molecule has 96 valence electrons. The van der Waals surface area contributed by atoms with Gasteiger partial charge in [0.25, 0.3) is 0 Å². The normalized spacial score (nSPS) is 10.4. The van der Waals surface area contributed by atoms with Crippen molar-refractivity contribution in [3.05, 3.63) is 42.1 Å². The largest absolute Gasteiger partial charge is 0.383 e. The van der Waals surface area contributed by atoms with Crippen LogP contribution >= 0.6 is 0 Å². The number of hydrogen-bond donors (Lipinski definition) is 0. The molecule has 0 saturated carbocycles. The molecule has 1 rings (SSSR count). The van der Waals surface area contributed by atoms with E-state index in [9.17, 15) is 9.59 Å². The smallest absolute Gasteiger partial charge is 0.214 e. The highest BCUT2D eigenvalue weighted by molar-refractivity contribution is 6.05. The highest BCUT2D eigenvalue weighted by Gasteiger charge is 2.06. The van der Waals surface area contributed by atoms with Crippen molar-refractivity contribution in [1.29, 1.82) is 0 Å². The number of benzene rings is 1. The standard InChI is InChI=1S/C14H18N2O2/c1-4-16(11-17)13-7-5-6-12(10-13)14(18)8-9-15(2)3/h5-11H,4H2,1-3H3. The molecular formula is C14H18N2O2. The Kier molecular flexibility index (Phi) is 5.11. The third-order valence-electron chi connectivity index (χ3n) is 2.45. The Morgan fingerprint density at radius 3 is 2.61 bits per heavy atom. The van der Waals surface area contributed by atoms with Gasteiger partial charge in [0.1, 0.15) is 0 Å². The summed E-state index contributed by atoms with van der Waals surface area (Å²) < 4.78 is 0. The molecule has 0 aliphatic rings. The second-order valence-corrected chi connectivity index (χ2v) is 4.09. The number of rotatable bonds is 6. The molecule has 0 N–H and O–H groups in total. The van der Waals surface area contributed by atoms with Crippen LogP contribution in [0, 0.1) is 0 Å². The predicted octanol–water partition coefficient (Wildman–Crippen LogP) is 1.93. The monoisotopic (exact) mass is 246 g/mol. The van der Waals surface area contributed by atoms with E-state index in [0.29, 0.717) is 12.1 Å². The maximum atomic E-state index is 11.9. The maximum Gasteiger partial charge on any atom is 0.214 e. The fourth-order valence-corrected chi connectivity index (χ4v) is 1.47. The summed E-state index contributed by atoms with van der Waals surface area (Å²) in [6, 6.07) is 7.05. The summed E-state index contributed by atoms with van der Waals surface area (Å²) in [5, 5.41) is 0. The Morgan fingerprint density at radius 2 is 2.06 bits per heavy atom. The molecule has 0 unspecified atom stereocenters. The van der Waals surface area contributed by atoms with Crippen molar-refractivity contribution >= 4 is 17.9 Å². The molecule has 0 saturated heterocycles. The minimum atomic E-state index is -0.0764. The van der Waals surface area contributed by atoms with Gasteiger partial charge in [-0.05, 0) is 19.1 Å². The molecule has 0 aliphatic heterocycles. The van der Waals surface area contributed by atoms with Crippen LogP contribution in [-0.4, -0.2) is 37.7 Å². The van der Waals surface area contributed by atoms with Gasteiger partial charge in [-0.15, -0.1) is 0 Å². The molecule has 0 aromatic heterocycles. The first-order valence-corrected chi connectivity index (χ1v) is 5.79. The highest BCUT2D eigenvalue weighted by atomic mass is 16.1. The van der Waals surface area contributed by atoms with Crippen LogP contribution in [0.1, 0.15) is 17.3 Å². The van der Waals surface area contributed by atoms with Crippen molar-refractivity contribution in [3.63, 3.8) is 0 Å². The van der Waals surface area contributed by atoms with Crippen molar-refractivity contribution in [3.8, 4) is 0 Å². The first kappa shape index (κ1) is 14.0. The number of amides is 1. The molecule has 0 aliphatic carbocycles. The Morgan fingerprint density at radius 1 is 1.33 bits per heavy atom. The summed E-state index contributed by atoms with van der Waals surface area (Å²) in [5.74, 6) is -0.0764. The summed E-state index contributed by atoms with van der Waals surface area (Å²) in [6.07, 6.45) is 3.97. The lowest BCUT2D eigenvalue weighted by molar-refractivity contribution is -0.107. The lowest BCUT2D eigenvalue weighted by atomic mass is 10.1. The van der Waals surface area contributed by atoms with Crippen LogP contribution in [0.5, 0.6) is 0 Å². The van der Waals surface area contributed by atoms with Crippen LogP contribution in [0.3, 0.4) is 0 Å². The van der Waals surface area contributed by atoms with Gasteiger partial charge in [0.2, 0.25) is 6.41 Å². The summed E-state index contributed by atoms with van der Waals surface area (Å²) in [5.41, 5.74) is 1.31. The zero-order valence-corrected chi connectivity index (χ0v) is 11.0. The lowest BCUT2D eigenvalue weighted by Gasteiger charge is -2.15. The average Bonchev–Trinajstić information content (AvgIpc) is 2.38. The fourth-order valence-electron chi connectivity index (χ4n) is 1.47. The molecule has 0 spiro atoms. The van der Waals surface area contributed by atoms with Gasteiger partial charge >= 0.3 is 0 Å². The molecule has 0 heterocycles. The van der Waals surface area contributed by atoms with Gasteiger partial charge in [0.05, 0.1) is 0 Å². The first-order valence-electron chi connectivity index (χ1n) is 5.79.